The number of rotatable bonds is 2. The lowest BCUT2D eigenvalue weighted by Crippen LogP contribution is -2.22. The zero-order valence-corrected chi connectivity index (χ0v) is 12.8. The quantitative estimate of drug-likeness (QED) is 0.777. The Hall–Kier alpha value is -1.78. The molecule has 1 unspecified atom stereocenters. The summed E-state index contributed by atoms with van der Waals surface area (Å²) in [6.07, 6.45) is 5.45. The van der Waals surface area contributed by atoms with Gasteiger partial charge in [0.05, 0.1) is 0 Å². The standard InChI is InChI=1S/C17H17N3S/c1-18-14-6-4-7-15-12(14)9-19-17(20-15)13-10-21-16-8-3-2-5-11(13)16/h2-3,5,8-10,14,18H,4,6-7H2,1H3. The van der Waals surface area contributed by atoms with E-state index in [-0.39, 0.29) is 0 Å². The van der Waals surface area contributed by atoms with Crippen LogP contribution in [-0.4, -0.2) is 17.0 Å². The zero-order chi connectivity index (χ0) is 14.2. The van der Waals surface area contributed by atoms with Gasteiger partial charge in [-0.05, 0) is 32.4 Å². The first-order valence-electron chi connectivity index (χ1n) is 7.36. The van der Waals surface area contributed by atoms with E-state index in [4.69, 9.17) is 4.98 Å². The maximum Gasteiger partial charge on any atom is 0.160 e. The molecule has 4 heteroatoms. The Balaban J connectivity index is 1.83. The highest BCUT2D eigenvalue weighted by Gasteiger charge is 2.21. The number of aromatic nitrogens is 2. The summed E-state index contributed by atoms with van der Waals surface area (Å²) in [7, 11) is 2.01. The molecular weight excluding hydrogens is 278 g/mol. The Morgan fingerprint density at radius 2 is 2.19 bits per heavy atom. The van der Waals surface area contributed by atoms with Crippen molar-refractivity contribution in [3.05, 3.63) is 47.1 Å². The van der Waals surface area contributed by atoms with Gasteiger partial charge in [0.1, 0.15) is 0 Å². The van der Waals surface area contributed by atoms with Crippen LogP contribution in [0.2, 0.25) is 0 Å². The largest absolute Gasteiger partial charge is 0.313 e. The number of nitrogens with one attached hydrogen (secondary N) is 1. The Morgan fingerprint density at radius 1 is 1.29 bits per heavy atom. The van der Waals surface area contributed by atoms with Gasteiger partial charge in [-0.1, -0.05) is 18.2 Å². The van der Waals surface area contributed by atoms with Gasteiger partial charge >= 0.3 is 0 Å². The maximum absolute atomic E-state index is 4.86. The van der Waals surface area contributed by atoms with E-state index in [2.05, 4.69) is 39.9 Å². The molecule has 2 aromatic heterocycles. The third-order valence-electron chi connectivity index (χ3n) is 4.25. The van der Waals surface area contributed by atoms with Gasteiger partial charge in [-0.15, -0.1) is 11.3 Å². The number of benzene rings is 1. The molecule has 1 aliphatic carbocycles. The number of nitrogens with zero attached hydrogens (tertiary/aromatic N) is 2. The van der Waals surface area contributed by atoms with E-state index in [1.54, 1.807) is 11.3 Å². The average Bonchev–Trinajstić information content (AvgIpc) is 2.97. The molecule has 1 atom stereocenters. The van der Waals surface area contributed by atoms with Crippen molar-refractivity contribution in [1.82, 2.24) is 15.3 Å². The van der Waals surface area contributed by atoms with Crippen LogP contribution < -0.4 is 5.32 Å². The van der Waals surface area contributed by atoms with E-state index in [0.29, 0.717) is 6.04 Å². The fraction of sp³-hybridized carbons (Fsp3) is 0.294. The Kier molecular flexibility index (Phi) is 3.20. The first kappa shape index (κ1) is 12.9. The summed E-state index contributed by atoms with van der Waals surface area (Å²) in [6.45, 7) is 0. The fourth-order valence-corrected chi connectivity index (χ4v) is 4.07. The van der Waals surface area contributed by atoms with Crippen molar-refractivity contribution in [2.24, 2.45) is 0 Å². The summed E-state index contributed by atoms with van der Waals surface area (Å²) in [5.41, 5.74) is 3.64. The summed E-state index contributed by atoms with van der Waals surface area (Å²) in [5.74, 6) is 0.864. The number of thiophene rings is 1. The SMILES string of the molecule is CNC1CCCc2nc(-c3csc4ccccc34)ncc21. The van der Waals surface area contributed by atoms with E-state index in [0.717, 1.165) is 17.8 Å². The van der Waals surface area contributed by atoms with Crippen LogP contribution in [-0.2, 0) is 6.42 Å². The van der Waals surface area contributed by atoms with Gasteiger partial charge in [0, 0.05) is 44.5 Å². The van der Waals surface area contributed by atoms with Gasteiger partial charge in [-0.3, -0.25) is 0 Å². The highest BCUT2D eigenvalue weighted by Crippen LogP contribution is 2.34. The number of aryl methyl sites for hydroxylation is 1. The molecule has 3 aromatic rings. The molecule has 1 N–H and O–H groups in total. The lowest BCUT2D eigenvalue weighted by atomic mass is 9.92. The van der Waals surface area contributed by atoms with Crippen LogP contribution in [0.25, 0.3) is 21.5 Å². The van der Waals surface area contributed by atoms with E-state index in [9.17, 15) is 0 Å². The third kappa shape index (κ3) is 2.15. The highest BCUT2D eigenvalue weighted by atomic mass is 32.1. The van der Waals surface area contributed by atoms with E-state index in [1.165, 1.54) is 34.2 Å². The van der Waals surface area contributed by atoms with Crippen LogP contribution in [0, 0.1) is 0 Å². The number of hydrogen-bond acceptors (Lipinski definition) is 4. The van der Waals surface area contributed by atoms with Gasteiger partial charge in [0.15, 0.2) is 5.82 Å². The smallest absolute Gasteiger partial charge is 0.160 e. The minimum absolute atomic E-state index is 0.405. The molecule has 1 aromatic carbocycles. The highest BCUT2D eigenvalue weighted by molar-refractivity contribution is 7.17. The van der Waals surface area contributed by atoms with Gasteiger partial charge in [0.25, 0.3) is 0 Å². The minimum atomic E-state index is 0.405. The lowest BCUT2D eigenvalue weighted by molar-refractivity contribution is 0.488. The molecule has 3 nitrogen and oxygen atoms in total. The van der Waals surface area contributed by atoms with E-state index >= 15 is 0 Å². The van der Waals surface area contributed by atoms with Crippen molar-refractivity contribution in [3.63, 3.8) is 0 Å². The van der Waals surface area contributed by atoms with Crippen molar-refractivity contribution in [3.8, 4) is 11.4 Å². The molecule has 1 aliphatic rings. The minimum Gasteiger partial charge on any atom is -0.313 e. The van der Waals surface area contributed by atoms with Crippen molar-refractivity contribution >= 4 is 21.4 Å². The summed E-state index contributed by atoms with van der Waals surface area (Å²) >= 11 is 1.76. The summed E-state index contributed by atoms with van der Waals surface area (Å²) in [6, 6.07) is 8.86. The predicted molar refractivity (Wildman–Crippen MR) is 87.6 cm³/mol. The van der Waals surface area contributed by atoms with Gasteiger partial charge in [-0.2, -0.15) is 0 Å². The number of fused-ring (bicyclic) bond motifs is 2. The van der Waals surface area contributed by atoms with Crippen molar-refractivity contribution < 1.29 is 0 Å². The second-order valence-corrected chi connectivity index (χ2v) is 6.39. The molecular formula is C17H17N3S. The molecule has 0 fully saturated rings. The van der Waals surface area contributed by atoms with Gasteiger partial charge < -0.3 is 5.32 Å². The zero-order valence-electron chi connectivity index (χ0n) is 12.0. The third-order valence-corrected chi connectivity index (χ3v) is 5.22. The molecule has 0 saturated heterocycles. The Labute approximate surface area is 128 Å². The molecule has 0 amide bonds. The molecule has 0 aliphatic heterocycles. The molecule has 0 radical (unpaired) electrons. The van der Waals surface area contributed by atoms with Crippen molar-refractivity contribution in [2.45, 2.75) is 25.3 Å². The van der Waals surface area contributed by atoms with Gasteiger partial charge in [0.2, 0.25) is 0 Å². The Bertz CT molecular complexity index is 794. The number of hydrogen-bond donors (Lipinski definition) is 1. The van der Waals surface area contributed by atoms with Crippen LogP contribution in [0.4, 0.5) is 0 Å². The summed E-state index contributed by atoms with van der Waals surface area (Å²) in [4.78, 5) is 9.50. The first-order valence-corrected chi connectivity index (χ1v) is 8.24. The maximum atomic E-state index is 4.86. The summed E-state index contributed by atoms with van der Waals surface area (Å²) in [5, 5.41) is 6.79. The van der Waals surface area contributed by atoms with Crippen molar-refractivity contribution in [1.29, 1.82) is 0 Å². The Morgan fingerprint density at radius 3 is 3.10 bits per heavy atom. The van der Waals surface area contributed by atoms with E-state index < -0.39 is 0 Å². The molecule has 0 saturated carbocycles. The van der Waals surface area contributed by atoms with Crippen LogP contribution in [0.3, 0.4) is 0 Å². The topological polar surface area (TPSA) is 37.8 Å². The fourth-order valence-electron chi connectivity index (χ4n) is 3.13. The average molecular weight is 295 g/mol. The molecule has 21 heavy (non-hydrogen) atoms. The van der Waals surface area contributed by atoms with Crippen LogP contribution in [0.5, 0.6) is 0 Å². The van der Waals surface area contributed by atoms with Crippen molar-refractivity contribution in [2.75, 3.05) is 7.05 Å². The predicted octanol–water partition coefficient (Wildman–Crippen LogP) is 3.96. The second kappa shape index (κ2) is 5.20. The van der Waals surface area contributed by atoms with Crippen LogP contribution in [0.15, 0.2) is 35.8 Å². The van der Waals surface area contributed by atoms with Crippen LogP contribution in [0.1, 0.15) is 30.1 Å². The molecule has 106 valence electrons. The normalized spacial score (nSPS) is 17.9. The summed E-state index contributed by atoms with van der Waals surface area (Å²) < 4.78 is 1.29. The van der Waals surface area contributed by atoms with Crippen LogP contribution >= 0.6 is 11.3 Å². The monoisotopic (exact) mass is 295 g/mol. The first-order chi connectivity index (χ1) is 10.4. The molecule has 0 spiro atoms. The molecule has 0 bridgehead atoms. The lowest BCUT2D eigenvalue weighted by Gasteiger charge is -2.24. The van der Waals surface area contributed by atoms with E-state index in [1.807, 2.05) is 13.2 Å². The molecule has 4 rings (SSSR count). The van der Waals surface area contributed by atoms with Gasteiger partial charge in [-0.25, -0.2) is 9.97 Å². The molecule has 2 heterocycles. The second-order valence-electron chi connectivity index (χ2n) is 5.47.